The predicted molar refractivity (Wildman–Crippen MR) is 110 cm³/mol. The summed E-state index contributed by atoms with van der Waals surface area (Å²) in [6.45, 7) is 1.39. The highest BCUT2D eigenvalue weighted by atomic mass is 32.2. The average Bonchev–Trinajstić information content (AvgIpc) is 2.70. The molecule has 7 nitrogen and oxygen atoms in total. The lowest BCUT2D eigenvalue weighted by molar-refractivity contribution is 0.614. The zero-order valence-corrected chi connectivity index (χ0v) is 16.1. The first-order valence-electron chi connectivity index (χ1n) is 8.88. The molecule has 0 saturated carbocycles. The van der Waals surface area contributed by atoms with Crippen LogP contribution >= 0.6 is 0 Å². The normalized spacial score (nSPS) is 17.8. The number of aliphatic imine (C=N–C) groups is 2. The Labute approximate surface area is 164 Å². The van der Waals surface area contributed by atoms with Crippen LogP contribution in [-0.4, -0.2) is 64.0 Å². The number of nitrogens with zero attached hydrogens (tertiary/aromatic N) is 5. The summed E-state index contributed by atoms with van der Waals surface area (Å²) in [5.41, 5.74) is 3.11. The number of hydrogen-bond acceptors (Lipinski definition) is 7. The molecule has 2 aliphatic heterocycles. The van der Waals surface area contributed by atoms with E-state index in [9.17, 15) is 8.60 Å². The van der Waals surface area contributed by atoms with Gasteiger partial charge in [-0.25, -0.2) is 19.4 Å². The van der Waals surface area contributed by atoms with Gasteiger partial charge in [0.2, 0.25) is 0 Å². The minimum Gasteiger partial charge on any atom is -0.355 e. The van der Waals surface area contributed by atoms with E-state index in [1.165, 1.54) is 18.6 Å². The summed E-state index contributed by atoms with van der Waals surface area (Å²) in [6.07, 6.45) is 4.19. The highest BCUT2D eigenvalue weighted by Gasteiger charge is 2.26. The molecule has 1 atom stereocenters. The van der Waals surface area contributed by atoms with Crippen LogP contribution in [0.1, 0.15) is 22.7 Å². The van der Waals surface area contributed by atoms with E-state index in [4.69, 9.17) is 5.41 Å². The molecule has 0 spiro atoms. The van der Waals surface area contributed by atoms with Crippen LogP contribution in [0.4, 0.5) is 15.9 Å². The molecule has 0 amide bonds. The fourth-order valence-electron chi connectivity index (χ4n) is 3.33. The molecule has 4 rings (SSSR count). The third-order valence-electron chi connectivity index (χ3n) is 4.85. The lowest BCUT2D eigenvalue weighted by atomic mass is 9.91. The fourth-order valence-corrected chi connectivity index (χ4v) is 4.38. The van der Waals surface area contributed by atoms with Gasteiger partial charge in [-0.15, -0.1) is 0 Å². The molecule has 0 aliphatic carbocycles. The standard InChI is InChI=1S/C19H19FN6OS/c1-22-10-12(9-21)13-6-14-16(7-15(13)20)25-19(14)17-8-18(24-11-23-17)26-2-4-28(27)5-3-26/h6-12,21H,2-5H2,1H3. The number of fused-ring (bicyclic) bond motifs is 1. The van der Waals surface area contributed by atoms with Crippen LogP contribution < -0.4 is 4.90 Å². The van der Waals surface area contributed by atoms with E-state index in [1.807, 2.05) is 6.07 Å². The maximum absolute atomic E-state index is 14.4. The molecule has 2 aliphatic rings. The van der Waals surface area contributed by atoms with Gasteiger partial charge in [-0.1, -0.05) is 0 Å². The number of halogens is 1. The van der Waals surface area contributed by atoms with Gasteiger partial charge in [0, 0.05) is 78.1 Å². The van der Waals surface area contributed by atoms with Crippen molar-refractivity contribution in [1.82, 2.24) is 9.97 Å². The molecule has 1 aromatic carbocycles. The van der Waals surface area contributed by atoms with Gasteiger partial charge in [0.05, 0.1) is 23.0 Å². The zero-order chi connectivity index (χ0) is 19.7. The van der Waals surface area contributed by atoms with Crippen molar-refractivity contribution in [3.8, 4) is 0 Å². The molecule has 1 aromatic heterocycles. The van der Waals surface area contributed by atoms with Gasteiger partial charge in [0.25, 0.3) is 0 Å². The van der Waals surface area contributed by atoms with Crippen LogP contribution in [0.5, 0.6) is 0 Å². The molecular formula is C19H19FN6OS. The van der Waals surface area contributed by atoms with Crippen molar-refractivity contribution in [2.24, 2.45) is 9.98 Å². The second kappa shape index (κ2) is 7.67. The monoisotopic (exact) mass is 398 g/mol. The van der Waals surface area contributed by atoms with E-state index in [0.717, 1.165) is 17.6 Å². The van der Waals surface area contributed by atoms with E-state index in [-0.39, 0.29) is 0 Å². The van der Waals surface area contributed by atoms with Gasteiger partial charge in [-0.2, -0.15) is 0 Å². The molecule has 1 N–H and O–H groups in total. The second-order valence-electron chi connectivity index (χ2n) is 6.55. The molecule has 28 heavy (non-hydrogen) atoms. The smallest absolute Gasteiger partial charge is 0.132 e. The van der Waals surface area contributed by atoms with Crippen LogP contribution in [-0.2, 0) is 10.8 Å². The number of hydrogen-bond donors (Lipinski definition) is 1. The Hall–Kier alpha value is -2.81. The number of aromatic nitrogens is 2. The summed E-state index contributed by atoms with van der Waals surface area (Å²) in [7, 11) is 0.844. The Morgan fingerprint density at radius 1 is 1.29 bits per heavy atom. The summed E-state index contributed by atoms with van der Waals surface area (Å²) in [5.74, 6) is 1.12. The van der Waals surface area contributed by atoms with Crippen LogP contribution in [0.15, 0.2) is 34.5 Å². The zero-order valence-electron chi connectivity index (χ0n) is 15.3. The summed E-state index contributed by atoms with van der Waals surface area (Å²) in [6, 6.07) is 4.97. The number of benzene rings is 1. The van der Waals surface area contributed by atoms with E-state index in [2.05, 4.69) is 24.9 Å². The molecule has 144 valence electrons. The van der Waals surface area contributed by atoms with Gasteiger partial charge in [-0.3, -0.25) is 9.20 Å². The molecule has 1 fully saturated rings. The Morgan fingerprint density at radius 2 is 2.07 bits per heavy atom. The van der Waals surface area contributed by atoms with E-state index in [1.54, 1.807) is 13.1 Å². The van der Waals surface area contributed by atoms with Crippen molar-refractivity contribution in [2.45, 2.75) is 5.92 Å². The molecule has 0 bridgehead atoms. The highest BCUT2D eigenvalue weighted by Crippen LogP contribution is 2.36. The summed E-state index contributed by atoms with van der Waals surface area (Å²) in [4.78, 5) is 19.1. The molecule has 2 aromatic rings. The Balaban J connectivity index is 1.64. The summed E-state index contributed by atoms with van der Waals surface area (Å²) in [5, 5.41) is 7.55. The van der Waals surface area contributed by atoms with Crippen molar-refractivity contribution >= 4 is 40.4 Å². The average molecular weight is 398 g/mol. The van der Waals surface area contributed by atoms with Crippen LogP contribution in [0.2, 0.25) is 0 Å². The minimum absolute atomic E-state index is 0.388. The molecule has 1 saturated heterocycles. The topological polar surface area (TPSA) is 94.7 Å². The first-order valence-corrected chi connectivity index (χ1v) is 10.4. The highest BCUT2D eigenvalue weighted by molar-refractivity contribution is 7.85. The number of anilines is 1. The molecule has 0 radical (unpaired) electrons. The van der Waals surface area contributed by atoms with Crippen molar-refractivity contribution < 1.29 is 8.60 Å². The van der Waals surface area contributed by atoms with Gasteiger partial charge < -0.3 is 10.3 Å². The third kappa shape index (κ3) is 3.37. The lowest BCUT2D eigenvalue weighted by Crippen LogP contribution is -2.38. The van der Waals surface area contributed by atoms with Gasteiger partial charge in [0.15, 0.2) is 0 Å². The number of rotatable bonds is 5. The SMILES string of the molecule is CN=CC(C=N)c1cc2c(cc1F)N=C2c1cc(N2CCS(=O)CC2)ncn1. The lowest BCUT2D eigenvalue weighted by Gasteiger charge is -2.28. The van der Waals surface area contributed by atoms with E-state index < -0.39 is 22.5 Å². The predicted octanol–water partition coefficient (Wildman–Crippen LogP) is 2.10. The Kier molecular flexibility index (Phi) is 5.08. The van der Waals surface area contributed by atoms with Gasteiger partial charge in [-0.05, 0) is 6.07 Å². The van der Waals surface area contributed by atoms with E-state index in [0.29, 0.717) is 47.3 Å². The number of nitrogens with one attached hydrogen (secondary N) is 1. The van der Waals surface area contributed by atoms with Crippen molar-refractivity contribution in [3.05, 3.63) is 47.2 Å². The maximum atomic E-state index is 14.4. The summed E-state index contributed by atoms with van der Waals surface area (Å²) < 4.78 is 26.0. The molecular weight excluding hydrogens is 379 g/mol. The quantitative estimate of drug-likeness (QED) is 0.666. The first kappa shape index (κ1) is 18.5. The Bertz CT molecular complexity index is 1010. The molecule has 3 heterocycles. The molecule has 9 heteroatoms. The van der Waals surface area contributed by atoms with Gasteiger partial charge in [0.1, 0.15) is 18.0 Å². The maximum Gasteiger partial charge on any atom is 0.132 e. The minimum atomic E-state index is -0.755. The Morgan fingerprint density at radius 3 is 2.79 bits per heavy atom. The second-order valence-corrected chi connectivity index (χ2v) is 8.24. The summed E-state index contributed by atoms with van der Waals surface area (Å²) >= 11 is 0. The van der Waals surface area contributed by atoms with Crippen LogP contribution in [0.3, 0.4) is 0 Å². The van der Waals surface area contributed by atoms with Crippen molar-refractivity contribution in [2.75, 3.05) is 36.5 Å². The van der Waals surface area contributed by atoms with E-state index >= 15 is 0 Å². The molecule has 1 unspecified atom stereocenters. The van der Waals surface area contributed by atoms with Crippen LogP contribution in [0.25, 0.3) is 0 Å². The first-order chi connectivity index (χ1) is 13.6. The fraction of sp³-hybridized carbons (Fsp3) is 0.316. The van der Waals surface area contributed by atoms with Gasteiger partial charge >= 0.3 is 0 Å². The van der Waals surface area contributed by atoms with Crippen LogP contribution in [0, 0.1) is 11.2 Å². The van der Waals surface area contributed by atoms with Crippen molar-refractivity contribution in [3.63, 3.8) is 0 Å². The largest absolute Gasteiger partial charge is 0.355 e. The van der Waals surface area contributed by atoms with Crippen molar-refractivity contribution in [1.29, 1.82) is 5.41 Å². The third-order valence-corrected chi connectivity index (χ3v) is 6.12.